The molecule has 2 saturated carbocycles. The number of fused-ring (bicyclic) bond motifs is 1. The summed E-state index contributed by atoms with van der Waals surface area (Å²) in [6, 6.07) is 10.9. The maximum absolute atomic E-state index is 12.9. The zero-order chi connectivity index (χ0) is 13.5. The molecule has 0 aromatic heterocycles. The molecule has 1 amide bonds. The molecule has 0 radical (unpaired) electrons. The lowest BCUT2D eigenvalue weighted by Gasteiger charge is -2.36. The Bertz CT molecular complexity index is 493. The maximum Gasteiger partial charge on any atom is 0.226 e. The van der Waals surface area contributed by atoms with Gasteiger partial charge in [-0.05, 0) is 30.2 Å². The first-order chi connectivity index (χ1) is 9.86. The summed E-state index contributed by atoms with van der Waals surface area (Å²) in [6.45, 7) is 0.930. The van der Waals surface area contributed by atoms with Crippen LogP contribution in [0.1, 0.15) is 30.9 Å². The Balaban J connectivity index is 1.54. The molecule has 1 heterocycles. The summed E-state index contributed by atoms with van der Waals surface area (Å²) < 4.78 is 0. The van der Waals surface area contributed by atoms with Crippen LogP contribution in [0.2, 0.25) is 0 Å². The van der Waals surface area contributed by atoms with E-state index in [2.05, 4.69) is 35.2 Å². The van der Waals surface area contributed by atoms with Crippen LogP contribution >= 0.6 is 11.8 Å². The van der Waals surface area contributed by atoms with E-state index >= 15 is 0 Å². The van der Waals surface area contributed by atoms with Gasteiger partial charge in [0, 0.05) is 24.0 Å². The van der Waals surface area contributed by atoms with Crippen molar-refractivity contribution in [2.45, 2.75) is 25.3 Å². The number of amides is 1. The lowest BCUT2D eigenvalue weighted by Crippen LogP contribution is -2.42. The predicted molar refractivity (Wildman–Crippen MR) is 82.5 cm³/mol. The summed E-state index contributed by atoms with van der Waals surface area (Å²) >= 11 is 1.98. The molecule has 0 spiro atoms. The van der Waals surface area contributed by atoms with Gasteiger partial charge in [0.2, 0.25) is 5.91 Å². The molecule has 2 nitrogen and oxygen atoms in total. The van der Waals surface area contributed by atoms with Crippen LogP contribution in [0.15, 0.2) is 30.3 Å². The van der Waals surface area contributed by atoms with Crippen molar-refractivity contribution in [3.8, 4) is 0 Å². The summed E-state index contributed by atoms with van der Waals surface area (Å²) in [5.41, 5.74) is 1.30. The Kier molecular flexibility index (Phi) is 3.25. The van der Waals surface area contributed by atoms with E-state index in [9.17, 15) is 4.79 Å². The second-order valence-corrected chi connectivity index (χ2v) is 7.47. The van der Waals surface area contributed by atoms with E-state index in [4.69, 9.17) is 0 Å². The van der Waals surface area contributed by atoms with Gasteiger partial charge in [-0.1, -0.05) is 36.8 Å². The van der Waals surface area contributed by atoms with Crippen molar-refractivity contribution >= 4 is 17.7 Å². The smallest absolute Gasteiger partial charge is 0.226 e. The van der Waals surface area contributed by atoms with Gasteiger partial charge in [-0.3, -0.25) is 4.79 Å². The molecule has 20 heavy (non-hydrogen) atoms. The highest BCUT2D eigenvalue weighted by Crippen LogP contribution is 2.58. The molecular weight excluding hydrogens is 266 g/mol. The molecule has 2 aliphatic carbocycles. The maximum atomic E-state index is 12.9. The monoisotopic (exact) mass is 287 g/mol. The molecule has 0 N–H and O–H groups in total. The van der Waals surface area contributed by atoms with Gasteiger partial charge in [0.05, 0.1) is 6.04 Å². The Morgan fingerprint density at radius 2 is 1.90 bits per heavy atom. The molecule has 3 fully saturated rings. The van der Waals surface area contributed by atoms with Gasteiger partial charge in [-0.2, -0.15) is 11.8 Å². The van der Waals surface area contributed by atoms with E-state index < -0.39 is 0 Å². The predicted octanol–water partition coefficient (Wildman–Crippen LogP) is 3.35. The molecule has 106 valence electrons. The Morgan fingerprint density at radius 1 is 1.15 bits per heavy atom. The minimum absolute atomic E-state index is 0.295. The van der Waals surface area contributed by atoms with Gasteiger partial charge < -0.3 is 4.90 Å². The minimum atomic E-state index is 0.295. The number of benzene rings is 1. The molecule has 1 aromatic rings. The standard InChI is InChI=1S/C17H21NOS/c19-17(16-13-7-4-8-14(13)16)18-9-10-20-11-15(18)12-5-2-1-3-6-12/h1-3,5-6,13-16H,4,7-11H2/t13-,14-,15+/m1/s1. The summed E-state index contributed by atoms with van der Waals surface area (Å²) in [5.74, 6) is 4.43. The molecule has 0 unspecified atom stereocenters. The van der Waals surface area contributed by atoms with E-state index in [0.717, 1.165) is 29.9 Å². The van der Waals surface area contributed by atoms with Crippen LogP contribution in [0, 0.1) is 17.8 Å². The zero-order valence-electron chi connectivity index (χ0n) is 11.7. The van der Waals surface area contributed by atoms with E-state index in [1.807, 2.05) is 11.8 Å². The number of rotatable bonds is 2. The molecule has 3 aliphatic rings. The summed E-state index contributed by atoms with van der Waals surface area (Å²) in [6.07, 6.45) is 3.93. The molecule has 1 saturated heterocycles. The number of thioether (sulfide) groups is 1. The first-order valence-corrected chi connectivity index (χ1v) is 8.95. The second kappa shape index (κ2) is 5.10. The largest absolute Gasteiger partial charge is 0.334 e. The fourth-order valence-electron chi connectivity index (χ4n) is 4.20. The first-order valence-electron chi connectivity index (χ1n) is 7.79. The molecule has 1 aliphatic heterocycles. The summed E-state index contributed by atoms with van der Waals surface area (Å²) in [5, 5.41) is 0. The molecule has 4 rings (SSSR count). The summed E-state index contributed by atoms with van der Waals surface area (Å²) in [4.78, 5) is 15.1. The topological polar surface area (TPSA) is 20.3 Å². The van der Waals surface area contributed by atoms with Crippen molar-refractivity contribution in [1.29, 1.82) is 0 Å². The SMILES string of the molecule is O=C(C1[C@@H]2CCC[C@@H]12)N1CCSC[C@H]1c1ccccc1. The van der Waals surface area contributed by atoms with Crippen molar-refractivity contribution in [2.75, 3.05) is 18.1 Å². The van der Waals surface area contributed by atoms with E-state index in [1.54, 1.807) is 0 Å². The van der Waals surface area contributed by atoms with Crippen LogP contribution in [0.5, 0.6) is 0 Å². The average Bonchev–Trinajstić information content (AvgIpc) is 2.99. The summed E-state index contributed by atoms with van der Waals surface area (Å²) in [7, 11) is 0. The molecular formula is C17H21NOS. The van der Waals surface area contributed by atoms with Gasteiger partial charge in [-0.15, -0.1) is 0 Å². The van der Waals surface area contributed by atoms with Gasteiger partial charge in [0.25, 0.3) is 0 Å². The van der Waals surface area contributed by atoms with Gasteiger partial charge >= 0.3 is 0 Å². The fraction of sp³-hybridized carbons (Fsp3) is 0.588. The van der Waals surface area contributed by atoms with Crippen LogP contribution in [0.4, 0.5) is 0 Å². The lowest BCUT2D eigenvalue weighted by molar-refractivity contribution is -0.135. The zero-order valence-corrected chi connectivity index (χ0v) is 12.5. The van der Waals surface area contributed by atoms with Crippen molar-refractivity contribution in [3.63, 3.8) is 0 Å². The normalized spacial score (nSPS) is 35.7. The van der Waals surface area contributed by atoms with Crippen LogP contribution in [-0.2, 0) is 4.79 Å². The molecule has 3 atom stereocenters. The quantitative estimate of drug-likeness (QED) is 0.831. The Labute approximate surface area is 124 Å². The van der Waals surface area contributed by atoms with E-state index in [-0.39, 0.29) is 0 Å². The van der Waals surface area contributed by atoms with Gasteiger partial charge in [0.15, 0.2) is 0 Å². The third-order valence-electron chi connectivity index (χ3n) is 5.29. The number of hydrogen-bond acceptors (Lipinski definition) is 2. The highest BCUT2D eigenvalue weighted by Gasteiger charge is 2.58. The Morgan fingerprint density at radius 3 is 2.65 bits per heavy atom. The molecule has 1 aromatic carbocycles. The highest BCUT2D eigenvalue weighted by atomic mass is 32.2. The van der Waals surface area contributed by atoms with E-state index in [1.165, 1.54) is 24.8 Å². The number of carbonyl (C=O) groups is 1. The lowest BCUT2D eigenvalue weighted by atomic mass is 10.0. The molecule has 3 heteroatoms. The number of nitrogens with zero attached hydrogens (tertiary/aromatic N) is 1. The highest BCUT2D eigenvalue weighted by molar-refractivity contribution is 7.99. The number of hydrogen-bond donors (Lipinski definition) is 0. The number of carbonyl (C=O) groups excluding carboxylic acids is 1. The van der Waals surface area contributed by atoms with Crippen molar-refractivity contribution < 1.29 is 4.79 Å². The van der Waals surface area contributed by atoms with Crippen LogP contribution in [0.3, 0.4) is 0 Å². The van der Waals surface area contributed by atoms with Gasteiger partial charge in [-0.25, -0.2) is 0 Å². The fourth-order valence-corrected chi connectivity index (χ4v) is 5.29. The third-order valence-corrected chi connectivity index (χ3v) is 6.31. The van der Waals surface area contributed by atoms with E-state index in [0.29, 0.717) is 17.9 Å². The van der Waals surface area contributed by atoms with Crippen molar-refractivity contribution in [1.82, 2.24) is 4.90 Å². The van der Waals surface area contributed by atoms with Crippen LogP contribution in [0.25, 0.3) is 0 Å². The van der Waals surface area contributed by atoms with Crippen molar-refractivity contribution in [3.05, 3.63) is 35.9 Å². The average molecular weight is 287 g/mol. The van der Waals surface area contributed by atoms with Gasteiger partial charge in [0.1, 0.15) is 0 Å². The second-order valence-electron chi connectivity index (χ2n) is 6.32. The first kappa shape index (κ1) is 12.8. The minimum Gasteiger partial charge on any atom is -0.334 e. The third kappa shape index (κ3) is 2.07. The molecule has 0 bridgehead atoms. The van der Waals surface area contributed by atoms with Crippen LogP contribution in [-0.4, -0.2) is 28.9 Å². The van der Waals surface area contributed by atoms with Crippen LogP contribution < -0.4 is 0 Å². The van der Waals surface area contributed by atoms with Crippen molar-refractivity contribution in [2.24, 2.45) is 17.8 Å². The Hall–Kier alpha value is -0.960.